The molecule has 1 fully saturated rings. The number of rotatable bonds is 4. The van der Waals surface area contributed by atoms with E-state index in [4.69, 9.17) is 14.2 Å². The molecule has 2 amide bonds. The van der Waals surface area contributed by atoms with Crippen molar-refractivity contribution in [2.75, 3.05) is 27.9 Å². The van der Waals surface area contributed by atoms with Gasteiger partial charge < -0.3 is 24.4 Å². The normalized spacial score (nSPS) is 34.2. The van der Waals surface area contributed by atoms with E-state index in [-0.39, 0.29) is 12.6 Å². The minimum atomic E-state index is -1.36. The molecule has 0 radical (unpaired) electrons. The molecule has 0 aliphatic carbocycles. The first-order chi connectivity index (χ1) is 9.49. The van der Waals surface area contributed by atoms with Crippen molar-refractivity contribution in [2.24, 2.45) is 0 Å². The highest BCUT2D eigenvalue weighted by atomic mass is 19.1. The number of amides is 2. The predicted octanol–water partition coefficient (Wildman–Crippen LogP) is 0.806. The molecule has 2 aliphatic heterocycles. The molecule has 0 saturated carbocycles. The SMILES string of the molecule is C=C1NC(=O)N(C)C=C1[C@@H]1O[C@H](COC)C(OC)[C@@H]1F. The first kappa shape index (κ1) is 15.0. The summed E-state index contributed by atoms with van der Waals surface area (Å²) in [7, 11) is 4.53. The van der Waals surface area contributed by atoms with Crippen LogP contribution in [-0.2, 0) is 14.2 Å². The number of urea groups is 1. The molecule has 0 aromatic heterocycles. The van der Waals surface area contributed by atoms with Crippen molar-refractivity contribution < 1.29 is 23.4 Å². The third-order valence-electron chi connectivity index (χ3n) is 3.46. The number of methoxy groups -OCH3 is 2. The fourth-order valence-corrected chi connectivity index (χ4v) is 2.42. The van der Waals surface area contributed by atoms with Gasteiger partial charge >= 0.3 is 6.03 Å². The van der Waals surface area contributed by atoms with Gasteiger partial charge in [-0.25, -0.2) is 9.18 Å². The Labute approximate surface area is 117 Å². The molecule has 0 bridgehead atoms. The second-order valence-electron chi connectivity index (χ2n) is 4.80. The largest absolute Gasteiger partial charge is 0.382 e. The maximum Gasteiger partial charge on any atom is 0.325 e. The molecule has 0 aromatic rings. The van der Waals surface area contributed by atoms with Gasteiger partial charge in [-0.05, 0) is 0 Å². The summed E-state index contributed by atoms with van der Waals surface area (Å²) in [6, 6.07) is -0.316. The Hall–Kier alpha value is -1.44. The third-order valence-corrected chi connectivity index (χ3v) is 3.46. The molecule has 2 rings (SSSR count). The van der Waals surface area contributed by atoms with Crippen LogP contribution in [0.2, 0.25) is 0 Å². The molecular formula is C13H19FN2O4. The number of nitrogens with zero attached hydrogens (tertiary/aromatic N) is 1. The van der Waals surface area contributed by atoms with Gasteiger partial charge in [0, 0.05) is 38.7 Å². The van der Waals surface area contributed by atoms with E-state index in [0.717, 1.165) is 0 Å². The molecule has 2 aliphatic rings. The molecule has 0 spiro atoms. The van der Waals surface area contributed by atoms with Crippen LogP contribution in [0.4, 0.5) is 9.18 Å². The number of hydrogen-bond acceptors (Lipinski definition) is 4. The second-order valence-corrected chi connectivity index (χ2v) is 4.80. The average Bonchev–Trinajstić information content (AvgIpc) is 2.71. The van der Waals surface area contributed by atoms with Crippen LogP contribution in [0.3, 0.4) is 0 Å². The molecule has 6 nitrogen and oxygen atoms in total. The van der Waals surface area contributed by atoms with Crippen molar-refractivity contribution in [1.82, 2.24) is 10.2 Å². The number of hydrogen-bond donors (Lipinski definition) is 1. The Morgan fingerprint density at radius 2 is 2.25 bits per heavy atom. The van der Waals surface area contributed by atoms with E-state index in [0.29, 0.717) is 11.3 Å². The van der Waals surface area contributed by atoms with Gasteiger partial charge in [0.05, 0.1) is 6.61 Å². The Bertz CT molecular complexity index is 440. The van der Waals surface area contributed by atoms with E-state index in [2.05, 4.69) is 11.9 Å². The van der Waals surface area contributed by atoms with Crippen LogP contribution in [0.25, 0.3) is 0 Å². The number of halogens is 1. The maximum absolute atomic E-state index is 14.5. The Morgan fingerprint density at radius 3 is 2.85 bits per heavy atom. The van der Waals surface area contributed by atoms with Crippen LogP contribution in [0.5, 0.6) is 0 Å². The summed E-state index contributed by atoms with van der Waals surface area (Å²) in [6.45, 7) is 3.97. The number of ether oxygens (including phenoxy) is 3. The number of nitrogens with one attached hydrogen (secondary N) is 1. The van der Waals surface area contributed by atoms with Gasteiger partial charge in [0.15, 0.2) is 6.17 Å². The van der Waals surface area contributed by atoms with Gasteiger partial charge in [0.2, 0.25) is 0 Å². The molecule has 1 saturated heterocycles. The Morgan fingerprint density at radius 1 is 1.55 bits per heavy atom. The smallest absolute Gasteiger partial charge is 0.325 e. The van der Waals surface area contributed by atoms with E-state index < -0.39 is 24.5 Å². The Kier molecular flexibility index (Phi) is 4.42. The van der Waals surface area contributed by atoms with Crippen molar-refractivity contribution in [3.63, 3.8) is 0 Å². The fraction of sp³-hybridized carbons (Fsp3) is 0.615. The lowest BCUT2D eigenvalue weighted by Gasteiger charge is -2.27. The van der Waals surface area contributed by atoms with E-state index in [9.17, 15) is 9.18 Å². The van der Waals surface area contributed by atoms with Crippen LogP contribution in [0.15, 0.2) is 24.0 Å². The lowest BCUT2D eigenvalue weighted by Crippen LogP contribution is -2.42. The highest BCUT2D eigenvalue weighted by Crippen LogP contribution is 2.33. The molecule has 7 heteroatoms. The van der Waals surface area contributed by atoms with Gasteiger partial charge in [-0.15, -0.1) is 0 Å². The first-order valence-corrected chi connectivity index (χ1v) is 6.25. The lowest BCUT2D eigenvalue weighted by molar-refractivity contribution is -0.0394. The van der Waals surface area contributed by atoms with Gasteiger partial charge in [0.1, 0.15) is 18.3 Å². The van der Waals surface area contributed by atoms with E-state index in [1.807, 2.05) is 0 Å². The molecule has 20 heavy (non-hydrogen) atoms. The zero-order valence-electron chi connectivity index (χ0n) is 11.8. The lowest BCUT2D eigenvalue weighted by atomic mass is 10.0. The minimum absolute atomic E-state index is 0.234. The Balaban J connectivity index is 2.22. The maximum atomic E-state index is 14.5. The van der Waals surface area contributed by atoms with Gasteiger partial charge in [-0.1, -0.05) is 6.58 Å². The number of carbonyl (C=O) groups excluding carboxylic acids is 1. The number of carbonyl (C=O) groups is 1. The highest BCUT2D eigenvalue weighted by molar-refractivity contribution is 5.80. The summed E-state index contributed by atoms with van der Waals surface area (Å²) in [5.41, 5.74) is 0.842. The van der Waals surface area contributed by atoms with Crippen molar-refractivity contribution in [2.45, 2.75) is 24.5 Å². The van der Waals surface area contributed by atoms with Crippen LogP contribution < -0.4 is 5.32 Å². The van der Waals surface area contributed by atoms with Crippen molar-refractivity contribution in [3.05, 3.63) is 24.0 Å². The standard InChI is InChI=1S/C13H19FN2O4/c1-7-8(5-16(2)13(17)15-7)11-10(14)12(19-4)9(20-11)6-18-3/h5,9-12H,1,6H2,2-4H3,(H,15,17)/t9-,10-,11+,12?/m1/s1. The zero-order chi connectivity index (χ0) is 14.9. The van der Waals surface area contributed by atoms with E-state index in [1.165, 1.54) is 25.3 Å². The molecule has 112 valence electrons. The van der Waals surface area contributed by atoms with Crippen LogP contribution in [0, 0.1) is 0 Å². The molecular weight excluding hydrogens is 267 g/mol. The second kappa shape index (κ2) is 5.90. The third kappa shape index (κ3) is 2.56. The van der Waals surface area contributed by atoms with Crippen LogP contribution in [-0.4, -0.2) is 63.3 Å². The average molecular weight is 286 g/mol. The summed E-state index contributed by atoms with van der Waals surface area (Å²) in [5.74, 6) is 0. The van der Waals surface area contributed by atoms with Crippen molar-refractivity contribution in [3.8, 4) is 0 Å². The molecule has 0 aromatic carbocycles. The van der Waals surface area contributed by atoms with Crippen molar-refractivity contribution >= 4 is 6.03 Å². The van der Waals surface area contributed by atoms with Gasteiger partial charge in [-0.2, -0.15) is 0 Å². The van der Waals surface area contributed by atoms with E-state index in [1.54, 1.807) is 7.05 Å². The van der Waals surface area contributed by atoms with Crippen molar-refractivity contribution in [1.29, 1.82) is 0 Å². The topological polar surface area (TPSA) is 60.0 Å². The van der Waals surface area contributed by atoms with Gasteiger partial charge in [-0.3, -0.25) is 0 Å². The quantitative estimate of drug-likeness (QED) is 0.830. The minimum Gasteiger partial charge on any atom is -0.382 e. The summed E-state index contributed by atoms with van der Waals surface area (Å²) >= 11 is 0. The molecule has 4 atom stereocenters. The van der Waals surface area contributed by atoms with Crippen LogP contribution in [0.1, 0.15) is 0 Å². The summed E-state index contributed by atoms with van der Waals surface area (Å²) in [6.07, 6.45) is -1.87. The first-order valence-electron chi connectivity index (χ1n) is 6.25. The van der Waals surface area contributed by atoms with Gasteiger partial charge in [0.25, 0.3) is 0 Å². The summed E-state index contributed by atoms with van der Waals surface area (Å²) in [5, 5.41) is 2.56. The highest BCUT2D eigenvalue weighted by Gasteiger charge is 2.48. The number of alkyl halides is 1. The summed E-state index contributed by atoms with van der Waals surface area (Å²) in [4.78, 5) is 12.8. The fourth-order valence-electron chi connectivity index (χ4n) is 2.42. The predicted molar refractivity (Wildman–Crippen MR) is 69.7 cm³/mol. The summed E-state index contributed by atoms with van der Waals surface area (Å²) < 4.78 is 30.3. The van der Waals surface area contributed by atoms with E-state index >= 15 is 0 Å². The molecule has 1 N–H and O–H groups in total. The zero-order valence-corrected chi connectivity index (χ0v) is 11.8. The molecule has 2 heterocycles. The van der Waals surface area contributed by atoms with Crippen LogP contribution >= 0.6 is 0 Å². The molecule has 1 unspecified atom stereocenters. The monoisotopic (exact) mass is 286 g/mol.